The zero-order valence-electron chi connectivity index (χ0n) is 18.0. The van der Waals surface area contributed by atoms with Crippen molar-refractivity contribution in [3.8, 4) is 16.4 Å². The lowest BCUT2D eigenvalue weighted by Gasteiger charge is -2.31. The second kappa shape index (κ2) is 9.05. The van der Waals surface area contributed by atoms with Crippen LogP contribution in [0.2, 0.25) is 11.6 Å². The quantitative estimate of drug-likeness (QED) is 0.319. The fourth-order valence-electron chi connectivity index (χ4n) is 5.51. The number of aliphatic hydroxyl groups is 1. The molecule has 7 nitrogen and oxygen atoms in total. The summed E-state index contributed by atoms with van der Waals surface area (Å²) in [5.41, 5.74) is 2.68. The van der Waals surface area contributed by atoms with Crippen LogP contribution in [0.3, 0.4) is 0 Å². The van der Waals surface area contributed by atoms with Crippen molar-refractivity contribution in [1.29, 1.82) is 5.26 Å². The van der Waals surface area contributed by atoms with Crippen molar-refractivity contribution < 1.29 is 12.9 Å². The molecule has 13 heteroatoms. The van der Waals surface area contributed by atoms with Crippen LogP contribution in [-0.2, 0) is 0 Å². The van der Waals surface area contributed by atoms with Gasteiger partial charge in [-0.25, -0.2) is 15.2 Å². The number of nitrogens with zero attached hydrogens (tertiary/aromatic N) is 6. The normalized spacial score (nSPS) is 23.2. The summed E-state index contributed by atoms with van der Waals surface area (Å²) in [6.07, 6.45) is 6.37. The number of aromatic nitrogens is 4. The van der Waals surface area contributed by atoms with E-state index in [2.05, 4.69) is 16.1 Å². The number of halogens is 2. The van der Waals surface area contributed by atoms with E-state index in [1.54, 1.807) is 19.3 Å². The molecule has 0 spiro atoms. The van der Waals surface area contributed by atoms with Gasteiger partial charge in [0.1, 0.15) is 11.1 Å². The highest BCUT2D eigenvalue weighted by atomic mass is 32.3. The van der Waals surface area contributed by atoms with E-state index in [-0.39, 0.29) is 43.1 Å². The number of hydrogen-bond donors (Lipinski definition) is 1. The van der Waals surface area contributed by atoms with Crippen LogP contribution < -0.4 is 3.71 Å². The molecule has 2 saturated heterocycles. The van der Waals surface area contributed by atoms with Gasteiger partial charge in [-0.15, -0.1) is 19.1 Å². The Hall–Kier alpha value is -1.88. The molecule has 0 radical (unpaired) electrons. The molecule has 3 unspecified atom stereocenters. The van der Waals surface area contributed by atoms with Gasteiger partial charge in [-0.05, 0) is 38.3 Å². The number of anilines is 1. The predicted octanol–water partition coefficient (Wildman–Crippen LogP) is 6.06. The fraction of sp³-hybridized carbons (Fsp3) is 0.500. The first-order valence-electron chi connectivity index (χ1n) is 10.8. The van der Waals surface area contributed by atoms with Crippen molar-refractivity contribution in [2.45, 2.75) is 63.2 Å². The summed E-state index contributed by atoms with van der Waals surface area (Å²) in [5, 5.41) is 24.4. The lowest BCUT2D eigenvalue weighted by Crippen LogP contribution is -2.28. The van der Waals surface area contributed by atoms with Crippen molar-refractivity contribution in [2.24, 2.45) is 0 Å². The Morgan fingerprint density at radius 2 is 2.00 bits per heavy atom. The Balaban J connectivity index is 1.66. The van der Waals surface area contributed by atoms with Crippen molar-refractivity contribution in [3.05, 3.63) is 28.7 Å². The third-order valence-electron chi connectivity index (χ3n) is 6.97. The SMILES string of the molecule is Cc1c(C2CC3CCC(C2)B3C#N)nc2c(-c3cnc(C(C)O)s3)cnn2c1N(SF)SF. The molecule has 172 valence electrons. The number of thiazole rings is 1. The molecule has 0 amide bonds. The van der Waals surface area contributed by atoms with Crippen LogP contribution in [0, 0.1) is 18.2 Å². The van der Waals surface area contributed by atoms with Crippen molar-refractivity contribution in [3.63, 3.8) is 0 Å². The summed E-state index contributed by atoms with van der Waals surface area (Å²) in [4.78, 5) is 10.0. The zero-order chi connectivity index (χ0) is 23.3. The first-order valence-corrected chi connectivity index (χ1v) is 12.9. The Kier molecular flexibility index (Phi) is 6.28. The summed E-state index contributed by atoms with van der Waals surface area (Å²) in [6.45, 7) is 3.57. The van der Waals surface area contributed by atoms with Gasteiger partial charge >= 0.3 is 0 Å². The molecule has 2 bridgehead atoms. The first-order chi connectivity index (χ1) is 16.0. The molecule has 5 heterocycles. The number of rotatable bonds is 6. The molecule has 5 rings (SSSR count). The van der Waals surface area contributed by atoms with E-state index < -0.39 is 6.10 Å². The molecule has 0 aromatic carbocycles. The number of aliphatic hydroxyl groups excluding tert-OH is 1. The van der Waals surface area contributed by atoms with E-state index in [0.717, 1.165) is 40.0 Å². The molecule has 1 N–H and O–H groups in total. The van der Waals surface area contributed by atoms with Gasteiger partial charge in [0.05, 0.1) is 22.3 Å². The molecule has 3 atom stereocenters. The van der Waals surface area contributed by atoms with Gasteiger partial charge in [-0.1, -0.05) is 12.8 Å². The predicted molar refractivity (Wildman–Crippen MR) is 129 cm³/mol. The maximum Gasteiger partial charge on any atom is 0.274 e. The van der Waals surface area contributed by atoms with Gasteiger partial charge in [0, 0.05) is 23.6 Å². The minimum absolute atomic E-state index is 0.0886. The summed E-state index contributed by atoms with van der Waals surface area (Å²) in [5.74, 6) is 3.57. The minimum Gasteiger partial charge on any atom is -0.386 e. The highest BCUT2D eigenvalue weighted by molar-refractivity contribution is 8.13. The van der Waals surface area contributed by atoms with Gasteiger partial charge < -0.3 is 5.11 Å². The number of hydrogen-bond acceptors (Lipinski definition) is 9. The van der Waals surface area contributed by atoms with Crippen molar-refractivity contribution in [2.75, 3.05) is 3.71 Å². The summed E-state index contributed by atoms with van der Waals surface area (Å²) in [6, 6.07) is 0. The largest absolute Gasteiger partial charge is 0.386 e. The van der Waals surface area contributed by atoms with Gasteiger partial charge in [0.25, 0.3) is 6.71 Å². The highest BCUT2D eigenvalue weighted by Crippen LogP contribution is 2.54. The average molecular weight is 506 g/mol. The molecule has 2 aliphatic rings. The molecular formula is C20H21BF2N6OS3. The van der Waals surface area contributed by atoms with Gasteiger partial charge in [-0.2, -0.15) is 13.3 Å². The standard InChI is InChI=1S/C20H21BF2N6OS3/c1-10-17(12-5-13-3-4-14(6-12)21(13)9-24)27-18-15(16-8-25-19(31-16)11(2)30)7-26-28(18)20(10)29(32-22)33-23/h7-8,11-14,30H,3-6H2,1-2H3. The van der Waals surface area contributed by atoms with E-state index in [9.17, 15) is 18.1 Å². The van der Waals surface area contributed by atoms with Crippen LogP contribution in [0.15, 0.2) is 12.4 Å². The van der Waals surface area contributed by atoms with Gasteiger partial charge in [0.15, 0.2) is 36.1 Å². The molecule has 3 aromatic heterocycles. The lowest BCUT2D eigenvalue weighted by atomic mass is 9.34. The molecule has 0 saturated carbocycles. The average Bonchev–Trinajstić information content (AvgIpc) is 3.51. The first kappa shape index (κ1) is 22.9. The van der Waals surface area contributed by atoms with Crippen LogP contribution in [-0.4, -0.2) is 31.4 Å². The number of fused-ring (bicyclic) bond motifs is 3. The third-order valence-corrected chi connectivity index (χ3v) is 9.10. The van der Waals surface area contributed by atoms with E-state index in [1.165, 1.54) is 15.9 Å². The Morgan fingerprint density at radius 1 is 1.30 bits per heavy atom. The third kappa shape index (κ3) is 3.81. The van der Waals surface area contributed by atoms with Crippen LogP contribution in [0.25, 0.3) is 16.1 Å². The van der Waals surface area contributed by atoms with Crippen LogP contribution in [0.1, 0.15) is 60.9 Å². The molecular weight excluding hydrogens is 485 g/mol. The minimum atomic E-state index is -0.695. The van der Waals surface area contributed by atoms with E-state index >= 15 is 0 Å². The maximum atomic E-state index is 13.7. The second-order valence-corrected chi connectivity index (χ2v) is 11.1. The lowest BCUT2D eigenvalue weighted by molar-refractivity contribution is 0.199. The van der Waals surface area contributed by atoms with Crippen LogP contribution >= 0.6 is 36.0 Å². The van der Waals surface area contributed by atoms with E-state index in [4.69, 9.17) is 4.98 Å². The summed E-state index contributed by atoms with van der Waals surface area (Å²) >= 11 is 0.906. The molecule has 2 aliphatic heterocycles. The maximum absolute atomic E-state index is 13.7. The highest BCUT2D eigenvalue weighted by Gasteiger charge is 2.47. The summed E-state index contributed by atoms with van der Waals surface area (Å²) < 4.78 is 29.8. The van der Waals surface area contributed by atoms with E-state index in [1.807, 2.05) is 6.92 Å². The fourth-order valence-corrected chi connectivity index (χ4v) is 7.01. The van der Waals surface area contributed by atoms with Gasteiger partial charge in [0.2, 0.25) is 0 Å². The van der Waals surface area contributed by atoms with Gasteiger partial charge in [-0.3, -0.25) is 0 Å². The monoisotopic (exact) mass is 506 g/mol. The molecule has 3 aromatic rings. The topological polar surface area (TPSA) is 90.3 Å². The van der Waals surface area contributed by atoms with Crippen molar-refractivity contribution >= 4 is 54.2 Å². The van der Waals surface area contributed by atoms with Crippen LogP contribution in [0.4, 0.5) is 13.6 Å². The second-order valence-electron chi connectivity index (χ2n) is 8.79. The zero-order valence-corrected chi connectivity index (χ0v) is 20.4. The molecule has 2 fully saturated rings. The van der Waals surface area contributed by atoms with Crippen LogP contribution in [0.5, 0.6) is 0 Å². The van der Waals surface area contributed by atoms with E-state index in [0.29, 0.717) is 33.4 Å². The molecule has 0 aliphatic carbocycles. The number of nitriles is 1. The molecule has 33 heavy (non-hydrogen) atoms. The Labute approximate surface area is 203 Å². The Morgan fingerprint density at radius 3 is 2.58 bits per heavy atom. The smallest absolute Gasteiger partial charge is 0.274 e. The van der Waals surface area contributed by atoms with Crippen molar-refractivity contribution in [1.82, 2.24) is 19.6 Å². The Bertz CT molecular complexity index is 1210. The summed E-state index contributed by atoms with van der Waals surface area (Å²) in [7, 11) is 0.